The fourth-order valence-electron chi connectivity index (χ4n) is 1.06. The van der Waals surface area contributed by atoms with Crippen molar-refractivity contribution in [3.8, 4) is 0 Å². The average Bonchev–Trinajstić information content (AvgIpc) is 2.05. The summed E-state index contributed by atoms with van der Waals surface area (Å²) in [5.74, 6) is 0.195. The lowest BCUT2D eigenvalue weighted by Crippen LogP contribution is -2.13. The number of alkyl halides is 3. The second-order valence-corrected chi connectivity index (χ2v) is 4.40. The number of benzene rings is 1. The molecule has 0 aliphatic rings. The maximum Gasteiger partial charge on any atom is 0.156 e. The van der Waals surface area contributed by atoms with E-state index in [0.29, 0.717) is 0 Å². The molecule has 0 atom stereocenters. The smallest absolute Gasteiger partial charge is 0.123 e. The van der Waals surface area contributed by atoms with Gasteiger partial charge in [0.15, 0.2) is 4.33 Å². The SMILES string of the molecule is Cc1ccccc1C(Cl)(Cl)CCl. The molecule has 1 rings (SSSR count). The summed E-state index contributed by atoms with van der Waals surface area (Å²) >= 11 is 17.6. The van der Waals surface area contributed by atoms with E-state index in [1.165, 1.54) is 0 Å². The molecule has 0 aromatic heterocycles. The Morgan fingerprint density at radius 2 is 1.83 bits per heavy atom. The van der Waals surface area contributed by atoms with Crippen molar-refractivity contribution in [2.45, 2.75) is 11.3 Å². The van der Waals surface area contributed by atoms with Crippen molar-refractivity contribution >= 4 is 34.8 Å². The quantitative estimate of drug-likeness (QED) is 0.668. The zero-order valence-electron chi connectivity index (χ0n) is 6.65. The Hall–Kier alpha value is 0.0900. The number of hydrogen-bond acceptors (Lipinski definition) is 0. The van der Waals surface area contributed by atoms with Gasteiger partial charge in [-0.25, -0.2) is 0 Å². The molecular formula is C9H9Cl3. The lowest BCUT2D eigenvalue weighted by atomic mass is 10.1. The van der Waals surface area contributed by atoms with Gasteiger partial charge in [0, 0.05) is 0 Å². The van der Waals surface area contributed by atoms with Crippen molar-refractivity contribution < 1.29 is 0 Å². The van der Waals surface area contributed by atoms with Gasteiger partial charge in [0.1, 0.15) is 0 Å². The van der Waals surface area contributed by atoms with Crippen LogP contribution in [-0.4, -0.2) is 5.88 Å². The molecule has 0 N–H and O–H groups in total. The molecule has 0 radical (unpaired) electrons. The predicted octanol–water partition coefficient (Wildman–Crippen LogP) is 3.86. The van der Waals surface area contributed by atoms with Crippen molar-refractivity contribution in [3.05, 3.63) is 35.4 Å². The maximum absolute atomic E-state index is 5.98. The van der Waals surface area contributed by atoms with E-state index in [1.807, 2.05) is 31.2 Å². The van der Waals surface area contributed by atoms with Crippen LogP contribution < -0.4 is 0 Å². The molecule has 0 amide bonds. The van der Waals surface area contributed by atoms with Crippen LogP contribution in [-0.2, 0) is 4.33 Å². The van der Waals surface area contributed by atoms with Gasteiger partial charge in [-0.05, 0) is 18.1 Å². The molecule has 0 bridgehead atoms. The van der Waals surface area contributed by atoms with E-state index in [9.17, 15) is 0 Å². The highest BCUT2D eigenvalue weighted by molar-refractivity contribution is 6.51. The van der Waals surface area contributed by atoms with Crippen LogP contribution in [0.5, 0.6) is 0 Å². The fraction of sp³-hybridized carbons (Fsp3) is 0.333. The first-order valence-electron chi connectivity index (χ1n) is 3.58. The monoisotopic (exact) mass is 222 g/mol. The Kier molecular flexibility index (Phi) is 3.28. The molecule has 0 spiro atoms. The molecule has 0 heterocycles. The van der Waals surface area contributed by atoms with Gasteiger partial charge >= 0.3 is 0 Å². The molecule has 0 unspecified atom stereocenters. The van der Waals surface area contributed by atoms with E-state index in [4.69, 9.17) is 34.8 Å². The van der Waals surface area contributed by atoms with E-state index < -0.39 is 4.33 Å². The van der Waals surface area contributed by atoms with E-state index in [0.717, 1.165) is 11.1 Å². The van der Waals surface area contributed by atoms with Crippen LogP contribution in [0.1, 0.15) is 11.1 Å². The zero-order valence-corrected chi connectivity index (χ0v) is 8.92. The normalized spacial score (nSPS) is 11.7. The summed E-state index contributed by atoms with van der Waals surface area (Å²) in [7, 11) is 0. The van der Waals surface area contributed by atoms with Crippen LogP contribution in [0.2, 0.25) is 0 Å². The van der Waals surface area contributed by atoms with E-state index in [-0.39, 0.29) is 5.88 Å². The summed E-state index contributed by atoms with van der Waals surface area (Å²) in [5, 5.41) is 0. The Balaban J connectivity index is 3.10. The lowest BCUT2D eigenvalue weighted by molar-refractivity contribution is 0.969. The van der Waals surface area contributed by atoms with Gasteiger partial charge in [0.2, 0.25) is 0 Å². The second-order valence-electron chi connectivity index (χ2n) is 2.65. The summed E-state index contributed by atoms with van der Waals surface area (Å²) in [4.78, 5) is 0. The molecule has 0 fully saturated rings. The molecule has 3 heteroatoms. The highest BCUT2D eigenvalue weighted by Crippen LogP contribution is 2.36. The average molecular weight is 224 g/mol. The van der Waals surface area contributed by atoms with Crippen LogP contribution in [0.3, 0.4) is 0 Å². The minimum Gasteiger partial charge on any atom is -0.123 e. The van der Waals surface area contributed by atoms with Gasteiger partial charge in [-0.15, -0.1) is 11.6 Å². The Labute approximate surface area is 87.4 Å². The molecule has 1 aromatic carbocycles. The molecule has 12 heavy (non-hydrogen) atoms. The summed E-state index contributed by atoms with van der Waals surface area (Å²) in [6, 6.07) is 7.68. The van der Waals surface area contributed by atoms with E-state index in [1.54, 1.807) is 0 Å². The van der Waals surface area contributed by atoms with E-state index >= 15 is 0 Å². The molecule has 0 aliphatic heterocycles. The third-order valence-corrected chi connectivity index (χ3v) is 3.06. The molecule has 1 aromatic rings. The van der Waals surface area contributed by atoms with Crippen LogP contribution in [0.4, 0.5) is 0 Å². The number of rotatable bonds is 2. The van der Waals surface area contributed by atoms with Crippen LogP contribution in [0, 0.1) is 6.92 Å². The highest BCUT2D eigenvalue weighted by Gasteiger charge is 2.26. The summed E-state index contributed by atoms with van der Waals surface area (Å²) in [5.41, 5.74) is 1.94. The minimum atomic E-state index is -0.965. The second kappa shape index (κ2) is 3.87. The molecule has 0 nitrogen and oxygen atoms in total. The van der Waals surface area contributed by atoms with Gasteiger partial charge in [-0.3, -0.25) is 0 Å². The van der Waals surface area contributed by atoms with Gasteiger partial charge in [0.25, 0.3) is 0 Å². The summed E-state index contributed by atoms with van der Waals surface area (Å²) in [6.45, 7) is 1.96. The first-order valence-corrected chi connectivity index (χ1v) is 4.87. The van der Waals surface area contributed by atoms with Gasteiger partial charge < -0.3 is 0 Å². The fourth-order valence-corrected chi connectivity index (χ4v) is 1.62. The first kappa shape index (κ1) is 10.2. The zero-order chi connectivity index (χ0) is 9.19. The van der Waals surface area contributed by atoms with Crippen LogP contribution in [0.25, 0.3) is 0 Å². The largest absolute Gasteiger partial charge is 0.156 e. The third-order valence-electron chi connectivity index (χ3n) is 1.71. The first-order chi connectivity index (χ1) is 5.58. The molecule has 66 valence electrons. The van der Waals surface area contributed by atoms with Crippen molar-refractivity contribution in [2.75, 3.05) is 5.88 Å². The molecule has 0 aliphatic carbocycles. The van der Waals surface area contributed by atoms with Crippen LogP contribution >= 0.6 is 34.8 Å². The van der Waals surface area contributed by atoms with Gasteiger partial charge in [-0.2, -0.15) is 0 Å². The predicted molar refractivity (Wildman–Crippen MR) is 55.3 cm³/mol. The van der Waals surface area contributed by atoms with Crippen LogP contribution in [0.15, 0.2) is 24.3 Å². The van der Waals surface area contributed by atoms with E-state index in [2.05, 4.69) is 0 Å². The summed E-state index contributed by atoms with van der Waals surface area (Å²) < 4.78 is -0.965. The van der Waals surface area contributed by atoms with Gasteiger partial charge in [0.05, 0.1) is 5.88 Å². The third kappa shape index (κ3) is 2.07. The number of halogens is 3. The van der Waals surface area contributed by atoms with Gasteiger partial charge in [-0.1, -0.05) is 47.5 Å². The molecule has 0 saturated heterocycles. The summed E-state index contributed by atoms with van der Waals surface area (Å²) in [6.07, 6.45) is 0. The van der Waals surface area contributed by atoms with Crippen molar-refractivity contribution in [3.63, 3.8) is 0 Å². The number of aryl methyl sites for hydroxylation is 1. The maximum atomic E-state index is 5.98. The Bertz CT molecular complexity index is 268. The van der Waals surface area contributed by atoms with Crippen molar-refractivity contribution in [2.24, 2.45) is 0 Å². The Morgan fingerprint density at radius 1 is 1.25 bits per heavy atom. The number of hydrogen-bond donors (Lipinski definition) is 0. The Morgan fingerprint density at radius 3 is 2.33 bits per heavy atom. The highest BCUT2D eigenvalue weighted by atomic mass is 35.5. The van der Waals surface area contributed by atoms with Crippen molar-refractivity contribution in [1.82, 2.24) is 0 Å². The minimum absolute atomic E-state index is 0.195. The topological polar surface area (TPSA) is 0 Å². The van der Waals surface area contributed by atoms with Crippen molar-refractivity contribution in [1.29, 1.82) is 0 Å². The molecule has 0 saturated carbocycles. The molecular weight excluding hydrogens is 214 g/mol. The standard InChI is InChI=1S/C9H9Cl3/c1-7-4-2-3-5-8(7)9(11,12)6-10/h2-5H,6H2,1H3. The lowest BCUT2D eigenvalue weighted by Gasteiger charge is -2.18.